The van der Waals surface area contributed by atoms with Gasteiger partial charge in [0.1, 0.15) is 0 Å². The fourth-order valence-electron chi connectivity index (χ4n) is 5.99. The Hall–Kier alpha value is -5.18. The number of hydrogen-bond acceptors (Lipinski definition) is 3. The third-order valence-electron chi connectivity index (χ3n) is 8.11. The van der Waals surface area contributed by atoms with Gasteiger partial charge in [-0.05, 0) is 69.0 Å². The van der Waals surface area contributed by atoms with Gasteiger partial charge in [0.25, 0.3) is 0 Å². The zero-order valence-corrected chi connectivity index (χ0v) is 28.5. The van der Waals surface area contributed by atoms with Crippen LogP contribution in [0.5, 0.6) is 0 Å². The molecule has 0 spiro atoms. The molecule has 6 aromatic carbocycles. The summed E-state index contributed by atoms with van der Waals surface area (Å²) < 4.78 is 85.9. The summed E-state index contributed by atoms with van der Waals surface area (Å²) in [6.07, 6.45) is -0.272. The van der Waals surface area contributed by atoms with Gasteiger partial charge in [0.2, 0.25) is 0 Å². The first-order chi connectivity index (χ1) is 27.2. The Morgan fingerprint density at radius 3 is 2.21 bits per heavy atom. The molecule has 0 aliphatic carbocycles. The van der Waals surface area contributed by atoms with Gasteiger partial charge in [-0.25, -0.2) is 0 Å². The molecule has 0 radical (unpaired) electrons. The molecule has 9 rings (SSSR count). The molecule has 238 valence electrons. The minimum absolute atomic E-state index is 0. The molecule has 1 aliphatic heterocycles. The smallest absolute Gasteiger partial charge is 0.0853 e. The summed E-state index contributed by atoms with van der Waals surface area (Å²) >= 11 is 0. The molecule has 0 saturated carbocycles. The van der Waals surface area contributed by atoms with Gasteiger partial charge in [-0.2, -0.15) is 30.3 Å². The van der Waals surface area contributed by atoms with Gasteiger partial charge >= 0.3 is 0 Å². The zero-order chi connectivity index (χ0) is 40.6. The van der Waals surface area contributed by atoms with Crippen molar-refractivity contribution in [2.24, 2.45) is 0 Å². The van der Waals surface area contributed by atoms with E-state index in [0.29, 0.717) is 16.7 Å². The number of nitrogens with zero attached hydrogens (tertiary/aromatic N) is 4. The normalized spacial score (nSPS) is 15.1. The number of benzene rings is 6. The maximum atomic E-state index is 8.80. The molecule has 0 unspecified atom stereocenters. The van der Waals surface area contributed by atoms with Crippen LogP contribution >= 0.6 is 0 Å². The van der Waals surface area contributed by atoms with Crippen LogP contribution in [-0.2, 0) is 21.1 Å². The van der Waals surface area contributed by atoms with Crippen molar-refractivity contribution in [3.05, 3.63) is 175 Å². The molecule has 3 heterocycles. The van der Waals surface area contributed by atoms with Crippen molar-refractivity contribution in [1.82, 2.24) is 9.38 Å². The molecule has 0 bridgehead atoms. The molecule has 0 N–H and O–H groups in total. The SMILES string of the molecule is [2H]c1[c-]c2c(c([2H])c1[2H])c1c([2H])c(C)c([2H])c([2H])c1n1c(-c3c(C)c([2H])c([2H])c([2H])c3C)c([2H])nc21.[Pt].[c-]1ccccc1N1[CH-]N(c2ccccc2)c2ccccc21. The van der Waals surface area contributed by atoms with E-state index in [-0.39, 0.29) is 114 Å². The van der Waals surface area contributed by atoms with Crippen LogP contribution in [0, 0.1) is 39.6 Å². The number of fused-ring (bicyclic) bond motifs is 7. The van der Waals surface area contributed by atoms with E-state index < -0.39 is 6.04 Å². The summed E-state index contributed by atoms with van der Waals surface area (Å²) in [6.45, 7) is 6.84. The minimum Gasteiger partial charge on any atom is -0.493 e. The van der Waals surface area contributed by atoms with Crippen LogP contribution in [0.3, 0.4) is 0 Å². The van der Waals surface area contributed by atoms with Crippen LogP contribution in [0.1, 0.15) is 30.4 Å². The van der Waals surface area contributed by atoms with Crippen LogP contribution in [0.15, 0.2) is 139 Å². The molecular weight excluding hydrogens is 768 g/mol. The topological polar surface area (TPSA) is 23.8 Å². The van der Waals surface area contributed by atoms with E-state index in [1.54, 1.807) is 13.8 Å². The van der Waals surface area contributed by atoms with Crippen LogP contribution in [0.4, 0.5) is 22.7 Å². The number of para-hydroxylation sites is 4. The van der Waals surface area contributed by atoms with E-state index in [4.69, 9.17) is 13.7 Å². The number of anilines is 4. The maximum absolute atomic E-state index is 8.80. The monoisotopic (exact) mass is 810 g/mol. The number of aromatic nitrogens is 2. The van der Waals surface area contributed by atoms with Gasteiger partial charge in [-0.15, -0.1) is 41.9 Å². The van der Waals surface area contributed by atoms with E-state index in [9.17, 15) is 0 Å². The van der Waals surface area contributed by atoms with Gasteiger partial charge in [0.15, 0.2) is 0 Å². The second kappa shape index (κ2) is 13.1. The third kappa shape index (κ3) is 5.47. The van der Waals surface area contributed by atoms with Crippen LogP contribution < -0.4 is 9.80 Å². The summed E-state index contributed by atoms with van der Waals surface area (Å²) in [4.78, 5) is 8.74. The van der Waals surface area contributed by atoms with Crippen molar-refractivity contribution in [3.8, 4) is 11.3 Å². The summed E-state index contributed by atoms with van der Waals surface area (Å²) in [5.74, 6) is 0. The Morgan fingerprint density at radius 2 is 1.46 bits per heavy atom. The Kier molecular flexibility index (Phi) is 5.93. The van der Waals surface area contributed by atoms with Gasteiger partial charge in [-0.3, -0.25) is 4.98 Å². The molecule has 8 aromatic rings. The van der Waals surface area contributed by atoms with Gasteiger partial charge in [0.05, 0.1) is 20.9 Å². The predicted molar refractivity (Wildman–Crippen MR) is 195 cm³/mol. The fraction of sp³-hybridized carbons (Fsp3) is 0.0698. The van der Waals surface area contributed by atoms with Crippen molar-refractivity contribution < 1.29 is 34.8 Å². The summed E-state index contributed by atoms with van der Waals surface area (Å²) in [5, 5.41) is 0.325. The van der Waals surface area contributed by atoms with E-state index in [1.807, 2.05) is 24.3 Å². The summed E-state index contributed by atoms with van der Waals surface area (Å²) in [7, 11) is 0. The van der Waals surface area contributed by atoms with E-state index in [0.717, 1.165) is 11.4 Å². The van der Waals surface area contributed by atoms with Gasteiger partial charge < -0.3 is 14.2 Å². The molecule has 0 amide bonds. The van der Waals surface area contributed by atoms with E-state index in [1.165, 1.54) is 22.7 Å². The molecule has 2 aromatic heterocycles. The van der Waals surface area contributed by atoms with Gasteiger partial charge in [-0.1, -0.05) is 71.5 Å². The molecule has 0 fully saturated rings. The maximum Gasteiger partial charge on any atom is 0.0853 e. The summed E-state index contributed by atoms with van der Waals surface area (Å²) in [5.41, 5.74) is 5.94. The standard InChI is InChI=1S/C24H19N2.C19H14N2.Pt/c1-15-11-12-21-20(13-15)18-9-4-5-10-19(18)24-25-14-22(26(21)24)23-16(2)7-6-8-17(23)3;1-3-9-16(10-4-1)20-15-21(17-11-5-2-6-12-17)19-14-8-7-13-18(19)20;/h4-9,11-14H,1-3H3;1-11,13-15H;/q-1;-2;/i4D,5D,6D,7D,8D,9D,11D,12D,13D,14D;;. The predicted octanol–water partition coefficient (Wildman–Crippen LogP) is 10.9. The van der Waals surface area contributed by atoms with Crippen LogP contribution in [-0.4, -0.2) is 9.38 Å². The second-order valence-corrected chi connectivity index (χ2v) is 11.1. The van der Waals surface area contributed by atoms with Crippen molar-refractivity contribution in [2.75, 3.05) is 9.80 Å². The van der Waals surface area contributed by atoms with Crippen molar-refractivity contribution >= 4 is 50.1 Å². The number of rotatable bonds is 3. The van der Waals surface area contributed by atoms with Crippen molar-refractivity contribution in [1.29, 1.82) is 0 Å². The van der Waals surface area contributed by atoms with Crippen LogP contribution in [0.25, 0.3) is 38.6 Å². The second-order valence-electron chi connectivity index (χ2n) is 11.1. The molecular formula is C43H33N4Pt-3. The van der Waals surface area contributed by atoms with Gasteiger partial charge in [0, 0.05) is 58.1 Å². The van der Waals surface area contributed by atoms with Crippen molar-refractivity contribution in [3.63, 3.8) is 0 Å². The molecule has 0 atom stereocenters. The first-order valence-corrected chi connectivity index (χ1v) is 15.1. The molecule has 0 saturated heterocycles. The Labute approximate surface area is 310 Å². The molecule has 5 heteroatoms. The molecule has 48 heavy (non-hydrogen) atoms. The first kappa shape index (κ1) is 21.6. The average molecular weight is 811 g/mol. The number of imidazole rings is 1. The van der Waals surface area contributed by atoms with Crippen molar-refractivity contribution in [2.45, 2.75) is 20.8 Å². The molecule has 1 aliphatic rings. The minimum atomic E-state index is -0.403. The number of hydrogen-bond donors (Lipinski definition) is 0. The first-order valence-electron chi connectivity index (χ1n) is 20.1. The van der Waals surface area contributed by atoms with E-state index >= 15 is 0 Å². The summed E-state index contributed by atoms with van der Waals surface area (Å²) in [6, 6.07) is 30.6. The third-order valence-corrected chi connectivity index (χ3v) is 8.11. The van der Waals surface area contributed by atoms with Crippen LogP contribution in [0.2, 0.25) is 0 Å². The fourth-order valence-corrected chi connectivity index (χ4v) is 5.99. The zero-order valence-electron chi connectivity index (χ0n) is 36.2. The Balaban J connectivity index is 0.000000197. The average Bonchev–Trinajstić information content (AvgIpc) is 3.78. The number of pyridine rings is 1. The largest absolute Gasteiger partial charge is 0.493 e. The van der Waals surface area contributed by atoms with E-state index in [2.05, 4.69) is 88.2 Å². The Bertz CT molecular complexity index is 2850. The Morgan fingerprint density at radius 1 is 0.729 bits per heavy atom. The quantitative estimate of drug-likeness (QED) is 0.131. The molecule has 4 nitrogen and oxygen atoms in total.